The number of pyridine rings is 1. The zero-order valence-electron chi connectivity index (χ0n) is 10.4. The second-order valence-electron chi connectivity index (χ2n) is 4.12. The van der Waals surface area contributed by atoms with Crippen molar-refractivity contribution in [2.24, 2.45) is 0 Å². The summed E-state index contributed by atoms with van der Waals surface area (Å²) in [7, 11) is 0. The van der Waals surface area contributed by atoms with E-state index < -0.39 is 0 Å². The molecule has 0 aromatic carbocycles. The Kier molecular flexibility index (Phi) is 3.86. The maximum atomic E-state index is 4.43. The minimum absolute atomic E-state index is 0.333. The second-order valence-corrected chi connectivity index (χ2v) is 5.41. The minimum Gasteiger partial charge on any atom is -0.305 e. The molecule has 90 valence electrons. The van der Waals surface area contributed by atoms with Crippen LogP contribution in [0.1, 0.15) is 34.1 Å². The van der Waals surface area contributed by atoms with Crippen molar-refractivity contribution in [1.82, 2.24) is 15.3 Å². The molecule has 0 aliphatic heterocycles. The van der Waals surface area contributed by atoms with Crippen molar-refractivity contribution in [3.63, 3.8) is 0 Å². The van der Waals surface area contributed by atoms with Gasteiger partial charge in [-0.3, -0.25) is 4.98 Å². The Morgan fingerprint density at radius 2 is 2.00 bits per heavy atom. The maximum Gasteiger partial charge on any atom is 0.0900 e. The Morgan fingerprint density at radius 1 is 1.29 bits per heavy atom. The van der Waals surface area contributed by atoms with E-state index in [1.54, 1.807) is 11.3 Å². The van der Waals surface area contributed by atoms with Crippen LogP contribution in [0.3, 0.4) is 0 Å². The van der Waals surface area contributed by atoms with Gasteiger partial charge in [0.1, 0.15) is 0 Å². The first-order valence-electron chi connectivity index (χ1n) is 5.73. The van der Waals surface area contributed by atoms with Crippen molar-refractivity contribution in [2.75, 3.05) is 0 Å². The number of aryl methyl sites for hydroxylation is 2. The van der Waals surface area contributed by atoms with Crippen molar-refractivity contribution in [3.05, 3.63) is 45.7 Å². The molecule has 0 aliphatic rings. The van der Waals surface area contributed by atoms with Crippen LogP contribution < -0.4 is 5.32 Å². The Bertz CT molecular complexity index is 479. The summed E-state index contributed by atoms with van der Waals surface area (Å²) in [5.74, 6) is 0. The van der Waals surface area contributed by atoms with Gasteiger partial charge in [-0.05, 0) is 38.5 Å². The number of nitrogens with zero attached hydrogens (tertiary/aromatic N) is 2. The molecule has 0 spiro atoms. The van der Waals surface area contributed by atoms with Gasteiger partial charge in [0.05, 0.1) is 10.7 Å². The van der Waals surface area contributed by atoms with Crippen LogP contribution in [-0.2, 0) is 6.54 Å². The van der Waals surface area contributed by atoms with Crippen molar-refractivity contribution in [1.29, 1.82) is 0 Å². The summed E-state index contributed by atoms with van der Waals surface area (Å²) < 4.78 is 0. The first-order chi connectivity index (χ1) is 8.16. The van der Waals surface area contributed by atoms with Crippen LogP contribution in [0, 0.1) is 13.8 Å². The minimum atomic E-state index is 0.333. The standard InChI is InChI=1S/C13H17N3S/c1-9(12-4-6-14-7-5-12)15-8-13-10(2)16-11(3)17-13/h4-7,9,15H,8H2,1-3H3/t9-/m1/s1. The highest BCUT2D eigenvalue weighted by atomic mass is 32.1. The van der Waals surface area contributed by atoms with Crippen molar-refractivity contribution < 1.29 is 0 Å². The van der Waals surface area contributed by atoms with Crippen LogP contribution in [0.25, 0.3) is 0 Å². The number of hydrogen-bond donors (Lipinski definition) is 1. The van der Waals surface area contributed by atoms with E-state index in [-0.39, 0.29) is 0 Å². The van der Waals surface area contributed by atoms with E-state index in [0.29, 0.717) is 6.04 Å². The van der Waals surface area contributed by atoms with Gasteiger partial charge in [-0.25, -0.2) is 4.98 Å². The van der Waals surface area contributed by atoms with E-state index >= 15 is 0 Å². The highest BCUT2D eigenvalue weighted by molar-refractivity contribution is 7.11. The van der Waals surface area contributed by atoms with Crippen LogP contribution in [0.15, 0.2) is 24.5 Å². The molecule has 3 nitrogen and oxygen atoms in total. The summed E-state index contributed by atoms with van der Waals surface area (Å²) in [4.78, 5) is 9.78. The van der Waals surface area contributed by atoms with Crippen LogP contribution in [0.5, 0.6) is 0 Å². The van der Waals surface area contributed by atoms with E-state index in [2.05, 4.69) is 29.1 Å². The smallest absolute Gasteiger partial charge is 0.0900 e. The molecular weight excluding hydrogens is 230 g/mol. The molecule has 0 radical (unpaired) electrons. The molecule has 2 heterocycles. The highest BCUT2D eigenvalue weighted by Crippen LogP contribution is 2.18. The van der Waals surface area contributed by atoms with Crippen LogP contribution in [-0.4, -0.2) is 9.97 Å². The molecule has 0 amide bonds. The number of thiazole rings is 1. The molecule has 0 bridgehead atoms. The third kappa shape index (κ3) is 3.11. The van der Waals surface area contributed by atoms with Gasteiger partial charge >= 0.3 is 0 Å². The third-order valence-electron chi connectivity index (χ3n) is 2.77. The molecule has 1 atom stereocenters. The van der Waals surface area contributed by atoms with E-state index in [0.717, 1.165) is 17.2 Å². The lowest BCUT2D eigenvalue weighted by Gasteiger charge is -2.13. The van der Waals surface area contributed by atoms with Gasteiger partial charge in [0.2, 0.25) is 0 Å². The fourth-order valence-corrected chi connectivity index (χ4v) is 2.64. The zero-order valence-corrected chi connectivity index (χ0v) is 11.2. The Morgan fingerprint density at radius 3 is 2.59 bits per heavy atom. The fourth-order valence-electron chi connectivity index (χ4n) is 1.75. The summed E-state index contributed by atoms with van der Waals surface area (Å²) in [6.45, 7) is 7.16. The predicted octanol–water partition coefficient (Wildman–Crippen LogP) is 3.01. The Balaban J connectivity index is 1.97. The summed E-state index contributed by atoms with van der Waals surface area (Å²) in [6.07, 6.45) is 3.66. The Hall–Kier alpha value is -1.26. The lowest BCUT2D eigenvalue weighted by atomic mass is 10.1. The predicted molar refractivity (Wildman–Crippen MR) is 71.1 cm³/mol. The largest absolute Gasteiger partial charge is 0.305 e. The quantitative estimate of drug-likeness (QED) is 0.902. The van der Waals surface area contributed by atoms with E-state index in [1.807, 2.05) is 31.5 Å². The van der Waals surface area contributed by atoms with Gasteiger partial charge < -0.3 is 5.32 Å². The summed E-state index contributed by atoms with van der Waals surface area (Å²) >= 11 is 1.77. The molecular formula is C13H17N3S. The maximum absolute atomic E-state index is 4.43. The molecule has 0 fully saturated rings. The fraction of sp³-hybridized carbons (Fsp3) is 0.385. The van der Waals surface area contributed by atoms with Gasteiger partial charge in [0.25, 0.3) is 0 Å². The van der Waals surface area contributed by atoms with Gasteiger partial charge in [-0.2, -0.15) is 0 Å². The summed E-state index contributed by atoms with van der Waals surface area (Å²) in [5.41, 5.74) is 2.40. The number of nitrogens with one attached hydrogen (secondary N) is 1. The SMILES string of the molecule is Cc1nc(C)c(CN[C@H](C)c2ccncc2)s1. The topological polar surface area (TPSA) is 37.8 Å². The van der Waals surface area contributed by atoms with Crippen molar-refractivity contribution in [2.45, 2.75) is 33.4 Å². The van der Waals surface area contributed by atoms with E-state index in [4.69, 9.17) is 0 Å². The first kappa shape index (κ1) is 12.2. The van der Waals surface area contributed by atoms with Gasteiger partial charge in [0, 0.05) is 29.9 Å². The van der Waals surface area contributed by atoms with Crippen LogP contribution in [0.4, 0.5) is 0 Å². The average molecular weight is 247 g/mol. The van der Waals surface area contributed by atoms with Crippen molar-refractivity contribution >= 4 is 11.3 Å². The second kappa shape index (κ2) is 5.38. The molecule has 1 N–H and O–H groups in total. The normalized spacial score (nSPS) is 12.6. The molecule has 0 saturated heterocycles. The van der Waals surface area contributed by atoms with Gasteiger partial charge in [-0.1, -0.05) is 0 Å². The molecule has 0 aliphatic carbocycles. The molecule has 2 aromatic rings. The molecule has 17 heavy (non-hydrogen) atoms. The van der Waals surface area contributed by atoms with Crippen LogP contribution >= 0.6 is 11.3 Å². The van der Waals surface area contributed by atoms with Crippen molar-refractivity contribution in [3.8, 4) is 0 Å². The van der Waals surface area contributed by atoms with E-state index in [9.17, 15) is 0 Å². The molecule has 4 heteroatoms. The number of aromatic nitrogens is 2. The monoisotopic (exact) mass is 247 g/mol. The summed E-state index contributed by atoms with van der Waals surface area (Å²) in [6, 6.07) is 4.42. The lowest BCUT2D eigenvalue weighted by molar-refractivity contribution is 0.576. The summed E-state index contributed by atoms with van der Waals surface area (Å²) in [5, 5.41) is 4.65. The Labute approximate surface area is 106 Å². The molecule has 0 saturated carbocycles. The van der Waals surface area contributed by atoms with Crippen LogP contribution in [0.2, 0.25) is 0 Å². The number of rotatable bonds is 4. The molecule has 2 rings (SSSR count). The molecule has 2 aromatic heterocycles. The average Bonchev–Trinajstić information content (AvgIpc) is 2.66. The van der Waals surface area contributed by atoms with Gasteiger partial charge in [-0.15, -0.1) is 11.3 Å². The van der Waals surface area contributed by atoms with Gasteiger partial charge in [0.15, 0.2) is 0 Å². The first-order valence-corrected chi connectivity index (χ1v) is 6.54. The zero-order chi connectivity index (χ0) is 12.3. The third-order valence-corrected chi connectivity index (χ3v) is 3.85. The highest BCUT2D eigenvalue weighted by Gasteiger charge is 2.08. The molecule has 0 unspecified atom stereocenters. The van der Waals surface area contributed by atoms with E-state index in [1.165, 1.54) is 10.4 Å². The lowest BCUT2D eigenvalue weighted by Crippen LogP contribution is -2.17. The number of hydrogen-bond acceptors (Lipinski definition) is 4.